The van der Waals surface area contributed by atoms with Crippen molar-refractivity contribution >= 4 is 126 Å². The van der Waals surface area contributed by atoms with Gasteiger partial charge in [-0.15, -0.1) is 0 Å². The van der Waals surface area contributed by atoms with Gasteiger partial charge < -0.3 is 43.8 Å². The van der Waals surface area contributed by atoms with E-state index in [0.717, 1.165) is 80.6 Å². The average Bonchev–Trinajstić information content (AvgIpc) is 0.753. The summed E-state index contributed by atoms with van der Waals surface area (Å²) >= 11 is 5.45. The Balaban J connectivity index is 0.000000116. The molecule has 13 heteroatoms. The zero-order chi connectivity index (χ0) is 80.5. The molecule has 0 aromatic heterocycles. The van der Waals surface area contributed by atoms with Gasteiger partial charge in [0.2, 0.25) is 0 Å². The lowest BCUT2D eigenvalue weighted by Gasteiger charge is -2.33. The van der Waals surface area contributed by atoms with Crippen molar-refractivity contribution in [3.63, 3.8) is 0 Å². The van der Waals surface area contributed by atoms with E-state index >= 15 is 0 Å². The molecule has 0 aliphatic carbocycles. The zero-order valence-electron chi connectivity index (χ0n) is 68.0. The summed E-state index contributed by atoms with van der Waals surface area (Å²) in [5, 5.41) is 0. The second kappa shape index (κ2) is 35.2. The average molecular weight is 1570 g/mol. The molecule has 10 nitrogen and oxygen atoms in total. The Bertz CT molecular complexity index is 5510. The van der Waals surface area contributed by atoms with Crippen LogP contribution in [0.4, 0.5) is 85.3 Å². The van der Waals surface area contributed by atoms with Gasteiger partial charge in [-0.25, -0.2) is 0 Å². The van der Waals surface area contributed by atoms with Crippen LogP contribution in [0.1, 0.15) is 82.4 Å². The van der Waals surface area contributed by atoms with Gasteiger partial charge in [-0.2, -0.15) is 0 Å². The van der Waals surface area contributed by atoms with Crippen LogP contribution in [0.25, 0.3) is 0 Å². The molecular weight excluding hydrogens is 1470 g/mol. The fraction of sp³-hybridized carbons (Fsp3) is 0.167. The fourth-order valence-electron chi connectivity index (χ4n) is 14.2. The molecule has 0 bridgehead atoms. The third kappa shape index (κ3) is 18.0. The highest BCUT2D eigenvalue weighted by atomic mass is 32.2. The minimum Gasteiger partial charge on any atom is -0.453 e. The van der Waals surface area contributed by atoms with E-state index in [2.05, 4.69) is 345 Å². The molecule has 0 fully saturated rings. The number of anilines is 15. The summed E-state index contributed by atoms with van der Waals surface area (Å²) in [5.41, 5.74) is 22.6. The number of carbonyl (C=O) groups excluding carboxylic acids is 1. The first kappa shape index (κ1) is 79.6. The minimum atomic E-state index is 0.0877. The quantitative estimate of drug-likeness (QED) is 0.143. The summed E-state index contributed by atoms with van der Waals surface area (Å²) in [6, 6.07) is 116. The Labute approximate surface area is 693 Å². The number of nitrogens with zero attached hydrogens (tertiary/aromatic N) is 7. The Hall–Kier alpha value is -12.0. The number of benzene rings is 14. The smallest absolute Gasteiger partial charge is 0.159 e. The molecule has 0 radical (unpaired) electrons. The van der Waals surface area contributed by atoms with Crippen LogP contribution in [0.2, 0.25) is 0 Å². The first-order valence-corrected chi connectivity index (χ1v) is 41.5. The molecular formula is C102H99N7O3S3. The molecule has 115 heavy (non-hydrogen) atoms. The van der Waals surface area contributed by atoms with Crippen LogP contribution in [0.15, 0.2) is 363 Å². The molecule has 14 aromatic carbocycles. The van der Waals surface area contributed by atoms with Gasteiger partial charge in [-0.05, 0) is 225 Å². The predicted octanol–water partition coefficient (Wildman–Crippen LogP) is 29.3. The van der Waals surface area contributed by atoms with Crippen LogP contribution in [-0.2, 0) is 10.8 Å². The highest BCUT2D eigenvalue weighted by molar-refractivity contribution is 8.00. The standard InChI is InChI=1S/C24H23NOS.C22H21NS.C19H15NO.C14H13NO.C13H11NS.C10H16N2/c1-16(26)17-9-14-23-21(15-17)25(20-7-5-6-8-22(20)27-23)19-12-10-18(11-13-19)24(2,3)4;1-22(2,3)16-12-14-17(15-13-16)23-18-8-4-6-10-20(18)24-21-11-7-5-9-19(21)23;1-14-10-12-15(13-11-14)20-16-6-2-4-8-18(16)21-19-9-5-3-7-17(19)20;1-2-15-11-7-3-5-9-13(11)16-14-10-6-4-8-12(14)15;1-14-10-6-2-4-8-12(10)15-13-9-5-3-7-11(13)14;1-11(2)9-5-7-10(8-6-9)12(3)4/h5-15H,1-4H3;4-15H,1-3H3;2-13H,1H3;3-10H,2H2,1H3;2-9H,1H3;5-8H,1-4H3. The van der Waals surface area contributed by atoms with Crippen LogP contribution >= 0.6 is 35.3 Å². The highest BCUT2D eigenvalue weighted by Crippen LogP contribution is 2.55. The van der Waals surface area contributed by atoms with E-state index in [9.17, 15) is 4.79 Å². The molecule has 0 amide bonds. The summed E-state index contributed by atoms with van der Waals surface area (Å²) in [7, 11) is 10.3. The SMILES string of the molecule is CC(=O)c1ccc2c(c1)N(c1ccc(C(C)(C)C)cc1)c1ccccc1S2.CC(C)(C)c1ccc(N2c3ccccc3Sc3ccccc32)cc1.CCN1c2ccccc2Oc2ccccc21.CN(C)c1ccc(N(C)C)cc1.CN1c2ccccc2Sc2ccccc21.Cc1ccc(N2c3ccccc3Oc3ccccc32)cc1. The third-order valence-corrected chi connectivity index (χ3v) is 23.9. The number of ether oxygens (including phenoxy) is 2. The third-order valence-electron chi connectivity index (χ3n) is 20.5. The van der Waals surface area contributed by atoms with Gasteiger partial charge in [0.1, 0.15) is 0 Å². The molecule has 14 aromatic rings. The number of hydrogen-bond acceptors (Lipinski definition) is 13. The summed E-state index contributed by atoms with van der Waals surface area (Å²) in [6.07, 6.45) is 0. The van der Waals surface area contributed by atoms with E-state index in [4.69, 9.17) is 9.47 Å². The number of aryl methyl sites for hydroxylation is 1. The van der Waals surface area contributed by atoms with E-state index in [0.29, 0.717) is 0 Å². The lowest BCUT2D eigenvalue weighted by atomic mass is 9.87. The van der Waals surface area contributed by atoms with E-state index in [1.165, 1.54) is 85.9 Å². The molecule has 0 atom stereocenters. The Morgan fingerprint density at radius 2 is 0.609 bits per heavy atom. The Morgan fingerprint density at radius 3 is 0.948 bits per heavy atom. The monoisotopic (exact) mass is 1570 g/mol. The van der Waals surface area contributed by atoms with Crippen LogP contribution in [-0.4, -0.2) is 47.6 Å². The number of fused-ring (bicyclic) bond motifs is 10. The number of hydrogen-bond donors (Lipinski definition) is 0. The molecule has 5 aliphatic heterocycles. The van der Waals surface area contributed by atoms with Crippen molar-refractivity contribution in [2.24, 2.45) is 0 Å². The maximum absolute atomic E-state index is 11.9. The summed E-state index contributed by atoms with van der Waals surface area (Å²) in [5.74, 6) is 3.73. The van der Waals surface area contributed by atoms with Crippen LogP contribution in [0, 0.1) is 6.92 Å². The molecule has 0 saturated carbocycles. The van der Waals surface area contributed by atoms with Crippen molar-refractivity contribution in [2.45, 2.75) is 103 Å². The van der Waals surface area contributed by atoms with Gasteiger partial charge in [0.25, 0.3) is 0 Å². The summed E-state index contributed by atoms with van der Waals surface area (Å²) in [6.45, 7) is 20.3. The van der Waals surface area contributed by atoms with Gasteiger partial charge in [0, 0.05) is 105 Å². The highest BCUT2D eigenvalue weighted by Gasteiger charge is 2.30. The lowest BCUT2D eigenvalue weighted by Crippen LogP contribution is -2.20. The van der Waals surface area contributed by atoms with Gasteiger partial charge in [0.05, 0.1) is 56.9 Å². The maximum atomic E-state index is 11.9. The zero-order valence-corrected chi connectivity index (χ0v) is 70.5. The van der Waals surface area contributed by atoms with Crippen molar-refractivity contribution in [2.75, 3.05) is 76.1 Å². The predicted molar refractivity (Wildman–Crippen MR) is 490 cm³/mol. The van der Waals surface area contributed by atoms with Gasteiger partial charge in [-0.1, -0.05) is 234 Å². The van der Waals surface area contributed by atoms with E-state index in [1.54, 1.807) is 18.7 Å². The normalized spacial score (nSPS) is 12.6. The summed E-state index contributed by atoms with van der Waals surface area (Å²) < 4.78 is 11.9. The number of Topliss-reactive ketones (excluding diaryl/α,β-unsaturated/α-hetero) is 1. The van der Waals surface area contributed by atoms with Crippen LogP contribution < -0.4 is 43.8 Å². The second-order valence-corrected chi connectivity index (χ2v) is 34.3. The first-order chi connectivity index (χ1) is 55.6. The topological polar surface area (TPSA) is 58.2 Å². The van der Waals surface area contributed by atoms with Crippen molar-refractivity contribution in [3.05, 3.63) is 356 Å². The van der Waals surface area contributed by atoms with Crippen molar-refractivity contribution in [3.8, 4) is 23.0 Å². The van der Waals surface area contributed by atoms with Crippen LogP contribution in [0.5, 0.6) is 23.0 Å². The molecule has 0 saturated heterocycles. The molecule has 578 valence electrons. The number of carbonyl (C=O) groups is 1. The number of rotatable bonds is 7. The van der Waals surface area contributed by atoms with E-state index in [-0.39, 0.29) is 16.6 Å². The molecule has 5 aliphatic rings. The van der Waals surface area contributed by atoms with E-state index < -0.39 is 0 Å². The largest absolute Gasteiger partial charge is 0.453 e. The van der Waals surface area contributed by atoms with Crippen molar-refractivity contribution < 1.29 is 14.3 Å². The number of ketones is 1. The molecule has 0 N–H and O–H groups in total. The molecule has 0 spiro atoms. The number of para-hydroxylation sites is 13. The van der Waals surface area contributed by atoms with Gasteiger partial charge in [-0.3, -0.25) is 4.79 Å². The second-order valence-electron chi connectivity index (χ2n) is 31.0. The van der Waals surface area contributed by atoms with Crippen molar-refractivity contribution in [1.29, 1.82) is 0 Å². The van der Waals surface area contributed by atoms with Gasteiger partial charge in [0.15, 0.2) is 28.8 Å². The maximum Gasteiger partial charge on any atom is 0.159 e. The first-order valence-electron chi connectivity index (χ1n) is 39.1. The summed E-state index contributed by atoms with van der Waals surface area (Å²) in [4.78, 5) is 35.2. The fourth-order valence-corrected chi connectivity index (χ4v) is 17.4. The van der Waals surface area contributed by atoms with Crippen LogP contribution in [0.3, 0.4) is 0 Å². The van der Waals surface area contributed by atoms with Gasteiger partial charge >= 0.3 is 0 Å². The molecule has 0 unspecified atom stereocenters. The molecule has 19 rings (SSSR count). The lowest BCUT2D eigenvalue weighted by molar-refractivity contribution is 0.101. The van der Waals surface area contributed by atoms with Crippen molar-refractivity contribution in [1.82, 2.24) is 0 Å². The minimum absolute atomic E-state index is 0.0877. The Morgan fingerprint density at radius 1 is 0.330 bits per heavy atom. The molecule has 5 heterocycles. The Kier molecular flexibility index (Phi) is 24.4. The van der Waals surface area contributed by atoms with E-state index in [1.807, 2.05) is 137 Å².